The number of hydrogen-bond donors (Lipinski definition) is 1. The third kappa shape index (κ3) is 6.72. The van der Waals surface area contributed by atoms with E-state index >= 15 is 0 Å². The zero-order valence-corrected chi connectivity index (χ0v) is 8.93. The third-order valence-electron chi connectivity index (χ3n) is 1.97. The lowest BCUT2D eigenvalue weighted by Gasteiger charge is -2.16. The van der Waals surface area contributed by atoms with Gasteiger partial charge >= 0.3 is 0 Å². The van der Waals surface area contributed by atoms with Gasteiger partial charge in [0.1, 0.15) is 0 Å². The van der Waals surface area contributed by atoms with Crippen LogP contribution in [-0.4, -0.2) is 25.0 Å². The van der Waals surface area contributed by atoms with Crippen LogP contribution in [-0.2, 0) is 9.53 Å². The maximum absolute atomic E-state index is 11.3. The van der Waals surface area contributed by atoms with E-state index in [0.717, 1.165) is 25.9 Å². The first-order chi connectivity index (χ1) is 5.98. The fourth-order valence-electron chi connectivity index (χ4n) is 1.03. The van der Waals surface area contributed by atoms with Crippen molar-refractivity contribution in [1.29, 1.82) is 0 Å². The molecule has 0 aromatic heterocycles. The summed E-state index contributed by atoms with van der Waals surface area (Å²) >= 11 is 0. The first-order valence-corrected chi connectivity index (χ1v) is 4.79. The Morgan fingerprint density at radius 3 is 2.38 bits per heavy atom. The van der Waals surface area contributed by atoms with Crippen LogP contribution in [0.4, 0.5) is 0 Å². The Kier molecular flexibility index (Phi) is 5.91. The van der Waals surface area contributed by atoms with Crippen LogP contribution in [0.1, 0.15) is 39.5 Å². The summed E-state index contributed by atoms with van der Waals surface area (Å²) in [6.07, 6.45) is 3.57. The minimum absolute atomic E-state index is 0.143. The molecule has 0 radical (unpaired) electrons. The number of unbranched alkanes of at least 4 members (excludes halogenated alkanes) is 2. The van der Waals surface area contributed by atoms with Crippen molar-refractivity contribution < 1.29 is 9.53 Å². The van der Waals surface area contributed by atoms with Gasteiger partial charge in [0, 0.05) is 20.1 Å². The SMILES string of the molecule is COCCCCCC(=O)C(C)(C)N. The highest BCUT2D eigenvalue weighted by Crippen LogP contribution is 2.07. The Morgan fingerprint density at radius 1 is 1.31 bits per heavy atom. The largest absolute Gasteiger partial charge is 0.385 e. The molecular weight excluding hydrogens is 166 g/mol. The van der Waals surface area contributed by atoms with E-state index in [0.29, 0.717) is 6.42 Å². The first kappa shape index (κ1) is 12.6. The van der Waals surface area contributed by atoms with Gasteiger partial charge in [-0.05, 0) is 26.7 Å². The lowest BCUT2D eigenvalue weighted by atomic mass is 9.96. The smallest absolute Gasteiger partial charge is 0.152 e. The molecule has 0 aromatic rings. The van der Waals surface area contributed by atoms with Crippen molar-refractivity contribution in [3.05, 3.63) is 0 Å². The van der Waals surface area contributed by atoms with Crippen molar-refractivity contribution in [2.75, 3.05) is 13.7 Å². The summed E-state index contributed by atoms with van der Waals surface area (Å²) in [6.45, 7) is 4.29. The summed E-state index contributed by atoms with van der Waals surface area (Å²) in [7, 11) is 1.69. The standard InChI is InChI=1S/C10H21NO2/c1-10(2,11)9(12)7-5-4-6-8-13-3/h4-8,11H2,1-3H3. The Morgan fingerprint density at radius 2 is 1.92 bits per heavy atom. The highest BCUT2D eigenvalue weighted by atomic mass is 16.5. The maximum atomic E-state index is 11.3. The van der Waals surface area contributed by atoms with Crippen molar-refractivity contribution in [3.8, 4) is 0 Å². The molecule has 0 spiro atoms. The number of Topliss-reactive ketones (excluding diaryl/α,β-unsaturated/α-hetero) is 1. The van der Waals surface area contributed by atoms with E-state index in [1.807, 2.05) is 0 Å². The molecule has 0 saturated carbocycles. The highest BCUT2D eigenvalue weighted by molar-refractivity contribution is 5.87. The Hall–Kier alpha value is -0.410. The molecule has 0 heterocycles. The maximum Gasteiger partial charge on any atom is 0.152 e. The van der Waals surface area contributed by atoms with Gasteiger partial charge in [0.2, 0.25) is 0 Å². The molecule has 0 unspecified atom stereocenters. The molecule has 0 atom stereocenters. The number of hydrogen-bond acceptors (Lipinski definition) is 3. The number of ketones is 1. The van der Waals surface area contributed by atoms with Gasteiger partial charge in [-0.3, -0.25) is 4.79 Å². The van der Waals surface area contributed by atoms with Gasteiger partial charge in [0.15, 0.2) is 5.78 Å². The summed E-state index contributed by atoms with van der Waals surface area (Å²) in [6, 6.07) is 0. The Balaban J connectivity index is 3.38. The second-order valence-corrected chi connectivity index (χ2v) is 3.95. The zero-order chi connectivity index (χ0) is 10.3. The Bertz CT molecular complexity index is 149. The molecule has 0 aromatic carbocycles. The number of ether oxygens (including phenoxy) is 1. The number of carbonyl (C=O) groups is 1. The molecule has 78 valence electrons. The molecule has 0 aliphatic rings. The molecule has 0 aliphatic carbocycles. The fraction of sp³-hybridized carbons (Fsp3) is 0.900. The molecular formula is C10H21NO2. The van der Waals surface area contributed by atoms with E-state index in [9.17, 15) is 4.79 Å². The van der Waals surface area contributed by atoms with E-state index in [-0.39, 0.29) is 5.78 Å². The van der Waals surface area contributed by atoms with Gasteiger partial charge < -0.3 is 10.5 Å². The quantitative estimate of drug-likeness (QED) is 0.614. The molecule has 0 aliphatic heterocycles. The fourth-order valence-corrected chi connectivity index (χ4v) is 1.03. The van der Waals surface area contributed by atoms with Crippen LogP contribution in [0.3, 0.4) is 0 Å². The van der Waals surface area contributed by atoms with E-state index in [2.05, 4.69) is 0 Å². The topological polar surface area (TPSA) is 52.3 Å². The van der Waals surface area contributed by atoms with Gasteiger partial charge in [-0.25, -0.2) is 0 Å². The van der Waals surface area contributed by atoms with Crippen LogP contribution < -0.4 is 5.73 Å². The average Bonchev–Trinajstić information content (AvgIpc) is 2.02. The highest BCUT2D eigenvalue weighted by Gasteiger charge is 2.20. The van der Waals surface area contributed by atoms with Crippen molar-refractivity contribution in [2.24, 2.45) is 5.73 Å². The molecule has 3 heteroatoms. The van der Waals surface area contributed by atoms with E-state index in [1.165, 1.54) is 0 Å². The molecule has 3 nitrogen and oxygen atoms in total. The average molecular weight is 187 g/mol. The minimum Gasteiger partial charge on any atom is -0.385 e. The van der Waals surface area contributed by atoms with Crippen molar-refractivity contribution >= 4 is 5.78 Å². The number of nitrogens with two attached hydrogens (primary N) is 1. The summed E-state index contributed by atoms with van der Waals surface area (Å²) in [5.74, 6) is 0.143. The molecule has 0 fully saturated rings. The van der Waals surface area contributed by atoms with Crippen molar-refractivity contribution in [1.82, 2.24) is 0 Å². The summed E-state index contributed by atoms with van der Waals surface area (Å²) in [5.41, 5.74) is 4.98. The van der Waals surface area contributed by atoms with Gasteiger partial charge in [0.25, 0.3) is 0 Å². The lowest BCUT2D eigenvalue weighted by molar-refractivity contribution is -0.123. The van der Waals surface area contributed by atoms with Gasteiger partial charge in [0.05, 0.1) is 5.54 Å². The summed E-state index contributed by atoms with van der Waals surface area (Å²) in [4.78, 5) is 11.3. The van der Waals surface area contributed by atoms with Crippen LogP contribution in [0.25, 0.3) is 0 Å². The molecule has 0 bridgehead atoms. The number of methoxy groups -OCH3 is 1. The molecule has 13 heavy (non-hydrogen) atoms. The minimum atomic E-state index is -0.665. The van der Waals surface area contributed by atoms with Crippen LogP contribution in [0, 0.1) is 0 Å². The van der Waals surface area contributed by atoms with Crippen LogP contribution in [0.5, 0.6) is 0 Å². The van der Waals surface area contributed by atoms with Gasteiger partial charge in [-0.2, -0.15) is 0 Å². The second kappa shape index (κ2) is 6.11. The van der Waals surface area contributed by atoms with Crippen LogP contribution in [0.15, 0.2) is 0 Å². The first-order valence-electron chi connectivity index (χ1n) is 4.79. The van der Waals surface area contributed by atoms with Crippen LogP contribution >= 0.6 is 0 Å². The van der Waals surface area contributed by atoms with Crippen molar-refractivity contribution in [2.45, 2.75) is 45.1 Å². The van der Waals surface area contributed by atoms with Crippen molar-refractivity contribution in [3.63, 3.8) is 0 Å². The summed E-state index contributed by atoms with van der Waals surface area (Å²) < 4.78 is 4.91. The second-order valence-electron chi connectivity index (χ2n) is 3.95. The Labute approximate surface area is 80.6 Å². The summed E-state index contributed by atoms with van der Waals surface area (Å²) in [5, 5.41) is 0. The number of carbonyl (C=O) groups excluding carboxylic acids is 1. The molecule has 0 saturated heterocycles. The molecule has 0 rings (SSSR count). The number of rotatable bonds is 7. The van der Waals surface area contributed by atoms with E-state index < -0.39 is 5.54 Å². The molecule has 0 amide bonds. The van der Waals surface area contributed by atoms with Crippen LogP contribution in [0.2, 0.25) is 0 Å². The van der Waals surface area contributed by atoms with Gasteiger partial charge in [-0.15, -0.1) is 0 Å². The predicted molar refractivity (Wildman–Crippen MR) is 53.6 cm³/mol. The van der Waals surface area contributed by atoms with E-state index in [4.69, 9.17) is 10.5 Å². The zero-order valence-electron chi connectivity index (χ0n) is 8.93. The predicted octanol–water partition coefficient (Wildman–Crippen LogP) is 1.50. The lowest BCUT2D eigenvalue weighted by Crippen LogP contribution is -2.41. The normalized spacial score (nSPS) is 11.7. The third-order valence-corrected chi connectivity index (χ3v) is 1.97. The van der Waals surface area contributed by atoms with Gasteiger partial charge in [-0.1, -0.05) is 6.42 Å². The molecule has 2 N–H and O–H groups in total. The monoisotopic (exact) mass is 187 g/mol. The van der Waals surface area contributed by atoms with E-state index in [1.54, 1.807) is 21.0 Å².